The predicted octanol–water partition coefficient (Wildman–Crippen LogP) is 2.75. The Hall–Kier alpha value is -2.30. The molecular formula is C19H22N2O3. The van der Waals surface area contributed by atoms with Gasteiger partial charge in [-0.3, -0.25) is 4.79 Å². The Morgan fingerprint density at radius 3 is 2.75 bits per heavy atom. The number of aliphatic carboxylic acids is 1. The van der Waals surface area contributed by atoms with Crippen molar-refractivity contribution in [1.82, 2.24) is 9.47 Å². The lowest BCUT2D eigenvalue weighted by molar-refractivity contribution is -0.141. The van der Waals surface area contributed by atoms with Crippen LogP contribution >= 0.6 is 0 Å². The van der Waals surface area contributed by atoms with Crippen LogP contribution in [0.2, 0.25) is 0 Å². The minimum absolute atomic E-state index is 0.157. The lowest BCUT2D eigenvalue weighted by atomic mass is 9.95. The minimum atomic E-state index is -0.904. The highest BCUT2D eigenvalue weighted by Crippen LogP contribution is 2.32. The smallest absolute Gasteiger partial charge is 0.326 e. The summed E-state index contributed by atoms with van der Waals surface area (Å²) >= 11 is 0. The maximum Gasteiger partial charge on any atom is 0.326 e. The summed E-state index contributed by atoms with van der Waals surface area (Å²) in [6, 6.07) is 5.14. The predicted molar refractivity (Wildman–Crippen MR) is 91.3 cm³/mol. The standard InChI is InChI=1S/C19H22N2O3/c1-20-15-6-3-2-5-13(15)14-11-12(8-9-16(14)20)18(22)21-10-4-7-17(21)19(23)24/h8-9,11,17H,2-7,10H2,1H3,(H,23,24). The maximum atomic E-state index is 12.8. The van der Waals surface area contributed by atoms with Gasteiger partial charge in [0.25, 0.3) is 5.91 Å². The van der Waals surface area contributed by atoms with Crippen LogP contribution in [0.25, 0.3) is 10.9 Å². The van der Waals surface area contributed by atoms with E-state index in [0.29, 0.717) is 18.5 Å². The summed E-state index contributed by atoms with van der Waals surface area (Å²) in [6.07, 6.45) is 5.87. The van der Waals surface area contributed by atoms with Crippen LogP contribution in [0.1, 0.15) is 47.3 Å². The molecule has 1 amide bonds. The largest absolute Gasteiger partial charge is 0.480 e. The number of benzene rings is 1. The number of hydrogen-bond acceptors (Lipinski definition) is 2. The number of hydrogen-bond donors (Lipinski definition) is 1. The van der Waals surface area contributed by atoms with Gasteiger partial charge in [-0.1, -0.05) is 0 Å². The topological polar surface area (TPSA) is 62.5 Å². The van der Waals surface area contributed by atoms with E-state index in [1.54, 1.807) is 0 Å². The molecule has 5 heteroatoms. The third kappa shape index (κ3) is 2.22. The van der Waals surface area contributed by atoms with Crippen molar-refractivity contribution < 1.29 is 14.7 Å². The molecule has 2 aromatic rings. The Bertz CT molecular complexity index is 837. The molecule has 5 nitrogen and oxygen atoms in total. The van der Waals surface area contributed by atoms with E-state index in [2.05, 4.69) is 11.6 Å². The van der Waals surface area contributed by atoms with E-state index in [1.807, 2.05) is 18.2 Å². The van der Waals surface area contributed by atoms with Crippen molar-refractivity contribution in [1.29, 1.82) is 0 Å². The zero-order chi connectivity index (χ0) is 16.8. The Labute approximate surface area is 140 Å². The molecule has 0 spiro atoms. The monoisotopic (exact) mass is 326 g/mol. The molecule has 2 aliphatic rings. The highest BCUT2D eigenvalue weighted by molar-refractivity contribution is 6.01. The molecule has 1 saturated heterocycles. The molecule has 1 aromatic carbocycles. The van der Waals surface area contributed by atoms with Crippen LogP contribution in [0.4, 0.5) is 0 Å². The number of carbonyl (C=O) groups is 2. The summed E-state index contributed by atoms with van der Waals surface area (Å²) in [5.41, 5.74) is 4.51. The first kappa shape index (κ1) is 15.2. The number of fused-ring (bicyclic) bond motifs is 3. The van der Waals surface area contributed by atoms with E-state index in [4.69, 9.17) is 0 Å². The van der Waals surface area contributed by atoms with Gasteiger partial charge in [0.15, 0.2) is 0 Å². The van der Waals surface area contributed by atoms with E-state index >= 15 is 0 Å². The molecule has 2 heterocycles. The average Bonchev–Trinajstić information content (AvgIpc) is 3.19. The quantitative estimate of drug-likeness (QED) is 0.923. The molecule has 1 aliphatic carbocycles. The fourth-order valence-corrected chi connectivity index (χ4v) is 4.33. The number of carbonyl (C=O) groups excluding carboxylic acids is 1. The molecule has 24 heavy (non-hydrogen) atoms. The first-order valence-corrected chi connectivity index (χ1v) is 8.72. The van der Waals surface area contributed by atoms with Crippen molar-refractivity contribution in [2.24, 2.45) is 7.05 Å². The summed E-state index contributed by atoms with van der Waals surface area (Å²) in [4.78, 5) is 25.7. The van der Waals surface area contributed by atoms with Gasteiger partial charge >= 0.3 is 5.97 Å². The number of aromatic nitrogens is 1. The molecular weight excluding hydrogens is 304 g/mol. The summed E-state index contributed by atoms with van der Waals surface area (Å²) in [7, 11) is 2.09. The fraction of sp³-hybridized carbons (Fsp3) is 0.474. The van der Waals surface area contributed by atoms with Crippen molar-refractivity contribution in [3.8, 4) is 0 Å². The Kier molecular flexibility index (Phi) is 3.59. The van der Waals surface area contributed by atoms with Gasteiger partial charge in [0.1, 0.15) is 6.04 Å². The number of carboxylic acids is 1. The van der Waals surface area contributed by atoms with Gasteiger partial charge in [-0.2, -0.15) is 0 Å². The highest BCUT2D eigenvalue weighted by Gasteiger charge is 2.34. The molecule has 126 valence electrons. The van der Waals surface area contributed by atoms with Crippen LogP contribution in [0.5, 0.6) is 0 Å². The Morgan fingerprint density at radius 1 is 1.17 bits per heavy atom. The second kappa shape index (κ2) is 5.65. The summed E-state index contributed by atoms with van der Waals surface area (Å²) < 4.78 is 2.24. The number of carboxylic acid groups (broad SMARTS) is 1. The minimum Gasteiger partial charge on any atom is -0.480 e. The van der Waals surface area contributed by atoms with Crippen LogP contribution in [0.15, 0.2) is 18.2 Å². The lowest BCUT2D eigenvalue weighted by Crippen LogP contribution is -2.40. The molecule has 0 bridgehead atoms. The zero-order valence-electron chi connectivity index (χ0n) is 13.9. The van der Waals surface area contributed by atoms with E-state index in [1.165, 1.54) is 29.0 Å². The fourth-order valence-electron chi connectivity index (χ4n) is 4.33. The third-order valence-electron chi connectivity index (χ3n) is 5.57. The second-order valence-electron chi connectivity index (χ2n) is 6.92. The van der Waals surface area contributed by atoms with E-state index < -0.39 is 12.0 Å². The summed E-state index contributed by atoms with van der Waals surface area (Å²) in [5.74, 6) is -1.06. The van der Waals surface area contributed by atoms with Crippen LogP contribution < -0.4 is 0 Å². The number of aryl methyl sites for hydroxylation is 2. The van der Waals surface area contributed by atoms with Crippen LogP contribution in [-0.2, 0) is 24.7 Å². The van der Waals surface area contributed by atoms with E-state index in [9.17, 15) is 14.7 Å². The van der Waals surface area contributed by atoms with E-state index in [0.717, 1.165) is 30.2 Å². The van der Waals surface area contributed by atoms with Gasteiger partial charge in [0, 0.05) is 35.8 Å². The van der Waals surface area contributed by atoms with Crippen molar-refractivity contribution in [3.63, 3.8) is 0 Å². The number of likely N-dealkylation sites (tertiary alicyclic amines) is 1. The van der Waals surface area contributed by atoms with Crippen LogP contribution in [0, 0.1) is 0 Å². The highest BCUT2D eigenvalue weighted by atomic mass is 16.4. The molecule has 4 rings (SSSR count). The normalized spacial score (nSPS) is 20.4. The van der Waals surface area contributed by atoms with Crippen LogP contribution in [-0.4, -0.2) is 39.0 Å². The van der Waals surface area contributed by atoms with Gasteiger partial charge in [-0.25, -0.2) is 4.79 Å². The first-order valence-electron chi connectivity index (χ1n) is 8.72. The number of rotatable bonds is 2. The summed E-state index contributed by atoms with van der Waals surface area (Å²) in [6.45, 7) is 0.529. The van der Waals surface area contributed by atoms with Crippen molar-refractivity contribution in [2.45, 2.75) is 44.6 Å². The second-order valence-corrected chi connectivity index (χ2v) is 6.92. The van der Waals surface area contributed by atoms with Gasteiger partial charge in [-0.05, 0) is 62.3 Å². The molecule has 1 unspecified atom stereocenters. The molecule has 1 N–H and O–H groups in total. The molecule has 1 aliphatic heterocycles. The number of nitrogens with zero attached hydrogens (tertiary/aromatic N) is 2. The number of amides is 1. The molecule has 0 saturated carbocycles. The average molecular weight is 326 g/mol. The van der Waals surface area contributed by atoms with Crippen molar-refractivity contribution >= 4 is 22.8 Å². The van der Waals surface area contributed by atoms with Crippen molar-refractivity contribution in [2.75, 3.05) is 6.54 Å². The molecule has 1 atom stereocenters. The first-order chi connectivity index (χ1) is 11.6. The zero-order valence-corrected chi connectivity index (χ0v) is 13.9. The lowest BCUT2D eigenvalue weighted by Gasteiger charge is -2.21. The van der Waals surface area contributed by atoms with Gasteiger partial charge < -0.3 is 14.6 Å². The molecule has 0 radical (unpaired) electrons. The van der Waals surface area contributed by atoms with Gasteiger partial charge in [0.05, 0.1) is 0 Å². The summed E-state index contributed by atoms with van der Waals surface area (Å²) in [5, 5.41) is 10.5. The van der Waals surface area contributed by atoms with E-state index in [-0.39, 0.29) is 5.91 Å². The molecule has 1 aromatic heterocycles. The van der Waals surface area contributed by atoms with Gasteiger partial charge in [0.2, 0.25) is 0 Å². The molecule has 1 fully saturated rings. The van der Waals surface area contributed by atoms with Gasteiger partial charge in [-0.15, -0.1) is 0 Å². The Balaban J connectivity index is 1.75. The van der Waals surface area contributed by atoms with Crippen molar-refractivity contribution in [3.05, 3.63) is 35.0 Å². The SMILES string of the molecule is Cn1c2c(c3cc(C(=O)N4CCCC4C(=O)O)ccc31)CCCC2. The Morgan fingerprint density at radius 2 is 1.96 bits per heavy atom. The third-order valence-corrected chi connectivity index (χ3v) is 5.57. The maximum absolute atomic E-state index is 12.8. The van der Waals surface area contributed by atoms with Crippen LogP contribution in [0.3, 0.4) is 0 Å².